The first-order chi connectivity index (χ1) is 15.4. The molecule has 0 saturated carbocycles. The van der Waals surface area contributed by atoms with E-state index in [4.69, 9.17) is 14.2 Å². The van der Waals surface area contributed by atoms with Gasteiger partial charge in [0.05, 0.1) is 6.61 Å². The second kappa shape index (κ2) is 10.6. The summed E-state index contributed by atoms with van der Waals surface area (Å²) in [6.07, 6.45) is 2.51. The predicted octanol–water partition coefficient (Wildman–Crippen LogP) is 5.89. The number of carbonyl (C=O) groups excluding carboxylic acids is 2. The number of rotatable bonds is 8. The molecule has 32 heavy (non-hydrogen) atoms. The molecule has 0 radical (unpaired) electrons. The average molecular weight is 503 g/mol. The predicted molar refractivity (Wildman–Crippen MR) is 121 cm³/mol. The molecule has 0 spiro atoms. The number of allylic oxidation sites excluding steroid dienone is 1. The Bertz CT molecular complexity index is 1030. The molecule has 0 aliphatic carbocycles. The van der Waals surface area contributed by atoms with Gasteiger partial charge in [-0.25, -0.2) is 4.79 Å². The van der Waals surface area contributed by atoms with Gasteiger partial charge in [-0.2, -0.15) is 4.39 Å². The molecule has 168 valence electrons. The SMILES string of the molecule is CCCC1=CC(C(=O)OCc2ccccc2)(c2ccc(Br)cc2)C(C(=O)OCC)=C(F)O1. The van der Waals surface area contributed by atoms with E-state index in [1.165, 1.54) is 6.08 Å². The average Bonchev–Trinajstić information content (AvgIpc) is 2.78. The van der Waals surface area contributed by atoms with Crippen LogP contribution in [0.2, 0.25) is 0 Å². The first kappa shape index (κ1) is 23.7. The molecule has 0 amide bonds. The first-order valence-electron chi connectivity index (χ1n) is 10.4. The van der Waals surface area contributed by atoms with E-state index < -0.39 is 28.9 Å². The molecule has 3 rings (SSSR count). The summed E-state index contributed by atoms with van der Waals surface area (Å²) in [5.41, 5.74) is -1.25. The highest BCUT2D eigenvalue weighted by atomic mass is 79.9. The Hall–Kier alpha value is -2.93. The molecule has 0 bridgehead atoms. The van der Waals surface area contributed by atoms with Gasteiger partial charge >= 0.3 is 11.9 Å². The highest BCUT2D eigenvalue weighted by Gasteiger charge is 2.53. The van der Waals surface area contributed by atoms with Crippen molar-refractivity contribution in [1.82, 2.24) is 0 Å². The minimum absolute atomic E-state index is 0.0105. The molecule has 0 N–H and O–H groups in total. The van der Waals surface area contributed by atoms with Crippen LogP contribution in [0, 0.1) is 0 Å². The van der Waals surface area contributed by atoms with Gasteiger partial charge in [-0.05, 0) is 42.7 Å². The molecule has 1 heterocycles. The number of carbonyl (C=O) groups is 2. The third kappa shape index (κ3) is 4.93. The molecule has 1 unspecified atom stereocenters. The maximum Gasteiger partial charge on any atom is 0.342 e. The van der Waals surface area contributed by atoms with Crippen LogP contribution in [0.4, 0.5) is 4.39 Å². The zero-order valence-electron chi connectivity index (χ0n) is 17.9. The molecule has 0 aromatic heterocycles. The van der Waals surface area contributed by atoms with Crippen LogP contribution < -0.4 is 0 Å². The van der Waals surface area contributed by atoms with Gasteiger partial charge in [0.25, 0.3) is 6.01 Å². The Kier molecular flexibility index (Phi) is 7.85. The fourth-order valence-electron chi connectivity index (χ4n) is 3.53. The lowest BCUT2D eigenvalue weighted by atomic mass is 9.72. The molecule has 5 nitrogen and oxygen atoms in total. The highest BCUT2D eigenvalue weighted by Crippen LogP contribution is 2.44. The van der Waals surface area contributed by atoms with Crippen molar-refractivity contribution in [3.63, 3.8) is 0 Å². The maximum atomic E-state index is 15.3. The molecule has 0 saturated heterocycles. The summed E-state index contributed by atoms with van der Waals surface area (Å²) in [6, 6.07) is 14.7. The normalized spacial score (nSPS) is 17.9. The summed E-state index contributed by atoms with van der Waals surface area (Å²) in [7, 11) is 0. The molecule has 7 heteroatoms. The molecule has 1 aliphatic rings. The molecular formula is C25H24BrFO5. The monoisotopic (exact) mass is 502 g/mol. The largest absolute Gasteiger partial charge is 0.462 e. The molecular weight excluding hydrogens is 479 g/mol. The number of benzene rings is 2. The van der Waals surface area contributed by atoms with Gasteiger partial charge in [0.2, 0.25) is 0 Å². The van der Waals surface area contributed by atoms with Crippen molar-refractivity contribution < 1.29 is 28.2 Å². The van der Waals surface area contributed by atoms with E-state index in [1.807, 2.05) is 37.3 Å². The van der Waals surface area contributed by atoms with Gasteiger partial charge in [0, 0.05) is 10.9 Å². The summed E-state index contributed by atoms with van der Waals surface area (Å²) in [5.74, 6) is -1.52. The van der Waals surface area contributed by atoms with Gasteiger partial charge in [-0.3, -0.25) is 4.79 Å². The Morgan fingerprint density at radius 1 is 1.03 bits per heavy atom. The molecule has 2 aromatic carbocycles. The standard InChI is InChI=1S/C25H24BrFO5/c1-3-8-20-15-25(18-11-13-19(26)14-12-18,21(22(27)32-20)23(28)30-4-2)24(29)31-16-17-9-6-5-7-10-17/h5-7,9-15H,3-4,8,16H2,1-2H3. The summed E-state index contributed by atoms with van der Waals surface area (Å²) in [5, 5.41) is 0. The fourth-order valence-corrected chi connectivity index (χ4v) is 3.80. The quantitative estimate of drug-likeness (QED) is 0.421. The molecule has 0 fully saturated rings. The van der Waals surface area contributed by atoms with E-state index in [1.54, 1.807) is 31.2 Å². The van der Waals surface area contributed by atoms with Gasteiger partial charge in [-0.1, -0.05) is 65.3 Å². The fraction of sp³-hybridized carbons (Fsp3) is 0.280. The lowest BCUT2D eigenvalue weighted by Gasteiger charge is -2.34. The third-order valence-electron chi connectivity index (χ3n) is 5.00. The van der Waals surface area contributed by atoms with Crippen molar-refractivity contribution in [2.45, 2.75) is 38.7 Å². The van der Waals surface area contributed by atoms with Crippen LogP contribution >= 0.6 is 15.9 Å². The zero-order chi connectivity index (χ0) is 23.1. The topological polar surface area (TPSA) is 61.8 Å². The summed E-state index contributed by atoms with van der Waals surface area (Å²) in [4.78, 5) is 26.5. The van der Waals surface area contributed by atoms with Crippen molar-refractivity contribution in [2.24, 2.45) is 0 Å². The van der Waals surface area contributed by atoms with Crippen molar-refractivity contribution >= 4 is 27.9 Å². The van der Waals surface area contributed by atoms with Crippen molar-refractivity contribution in [2.75, 3.05) is 6.61 Å². The van der Waals surface area contributed by atoms with Crippen LogP contribution in [0.25, 0.3) is 0 Å². The lowest BCUT2D eigenvalue weighted by Crippen LogP contribution is -2.43. The summed E-state index contributed by atoms with van der Waals surface area (Å²) in [6.45, 7) is 3.49. The Morgan fingerprint density at radius 3 is 2.34 bits per heavy atom. The number of hydrogen-bond acceptors (Lipinski definition) is 5. The minimum Gasteiger partial charge on any atom is -0.462 e. The minimum atomic E-state index is -1.85. The maximum absolute atomic E-state index is 15.3. The van der Waals surface area contributed by atoms with Crippen LogP contribution in [0.15, 0.2) is 82.5 Å². The number of esters is 2. The van der Waals surface area contributed by atoms with Gasteiger partial charge in [0.1, 0.15) is 17.9 Å². The van der Waals surface area contributed by atoms with Crippen LogP contribution in [0.3, 0.4) is 0 Å². The van der Waals surface area contributed by atoms with Gasteiger partial charge in [0.15, 0.2) is 5.41 Å². The van der Waals surface area contributed by atoms with Crippen molar-refractivity contribution in [3.8, 4) is 0 Å². The molecule has 1 atom stereocenters. The van der Waals surface area contributed by atoms with E-state index in [2.05, 4.69) is 15.9 Å². The van der Waals surface area contributed by atoms with Crippen LogP contribution in [0.1, 0.15) is 37.8 Å². The van der Waals surface area contributed by atoms with E-state index in [-0.39, 0.29) is 19.0 Å². The zero-order valence-corrected chi connectivity index (χ0v) is 19.5. The number of hydrogen-bond donors (Lipinski definition) is 0. The highest BCUT2D eigenvalue weighted by molar-refractivity contribution is 9.10. The Balaban J connectivity index is 2.16. The second-order valence-corrected chi connectivity index (χ2v) is 8.12. The van der Waals surface area contributed by atoms with E-state index in [9.17, 15) is 9.59 Å². The van der Waals surface area contributed by atoms with Gasteiger partial charge < -0.3 is 14.2 Å². The number of ether oxygens (including phenoxy) is 3. The summed E-state index contributed by atoms with van der Waals surface area (Å²) < 4.78 is 32.0. The van der Waals surface area contributed by atoms with Crippen molar-refractivity contribution in [3.05, 3.63) is 93.6 Å². The van der Waals surface area contributed by atoms with Crippen LogP contribution in [-0.2, 0) is 35.8 Å². The Morgan fingerprint density at radius 2 is 1.72 bits per heavy atom. The van der Waals surface area contributed by atoms with E-state index >= 15 is 4.39 Å². The second-order valence-electron chi connectivity index (χ2n) is 7.21. The smallest absolute Gasteiger partial charge is 0.342 e. The Labute approximate surface area is 195 Å². The van der Waals surface area contributed by atoms with Crippen molar-refractivity contribution in [1.29, 1.82) is 0 Å². The molecule has 1 aliphatic heterocycles. The summed E-state index contributed by atoms with van der Waals surface area (Å²) >= 11 is 3.37. The lowest BCUT2D eigenvalue weighted by molar-refractivity contribution is -0.152. The third-order valence-corrected chi connectivity index (χ3v) is 5.53. The van der Waals surface area contributed by atoms with Crippen LogP contribution in [0.5, 0.6) is 0 Å². The van der Waals surface area contributed by atoms with Gasteiger partial charge in [-0.15, -0.1) is 0 Å². The van der Waals surface area contributed by atoms with Crippen LogP contribution in [-0.4, -0.2) is 18.5 Å². The van der Waals surface area contributed by atoms with E-state index in [0.717, 1.165) is 10.0 Å². The molecule has 2 aromatic rings. The number of halogens is 2. The first-order valence-corrected chi connectivity index (χ1v) is 11.2. The van der Waals surface area contributed by atoms with E-state index in [0.29, 0.717) is 18.4 Å².